The Morgan fingerprint density at radius 3 is 2.41 bits per heavy atom. The number of sulfone groups is 1. The lowest BCUT2D eigenvalue weighted by molar-refractivity contribution is 0.112. The molecule has 0 saturated heterocycles. The van der Waals surface area contributed by atoms with E-state index >= 15 is 0 Å². The fourth-order valence-corrected chi connectivity index (χ4v) is 8.77. The molecule has 0 amide bonds. The first-order valence-corrected chi connectivity index (χ1v) is 14.8. The van der Waals surface area contributed by atoms with Crippen molar-refractivity contribution in [2.45, 2.75) is 115 Å². The molecule has 0 aromatic heterocycles. The van der Waals surface area contributed by atoms with Gasteiger partial charge in [-0.2, -0.15) is 0 Å². The van der Waals surface area contributed by atoms with Crippen LogP contribution in [0.25, 0.3) is 0 Å². The molecule has 3 aliphatic carbocycles. The maximum atomic E-state index is 13.1. The van der Waals surface area contributed by atoms with Crippen molar-refractivity contribution in [3.05, 3.63) is 47.6 Å². The molecular weight excluding hydrogens is 440 g/mol. The average molecular weight is 489 g/mol. The third-order valence-corrected chi connectivity index (χ3v) is 12.3. The van der Waals surface area contributed by atoms with Gasteiger partial charge in [-0.25, -0.2) is 8.42 Å². The molecule has 1 N–H and O–H groups in total. The molecule has 0 aromatic rings. The minimum Gasteiger partial charge on any atom is -0.393 e. The highest BCUT2D eigenvalue weighted by Gasteiger charge is 2.50. The molecule has 3 rings (SSSR count). The first-order valence-electron chi connectivity index (χ1n) is 13.3. The second kappa shape index (κ2) is 9.73. The van der Waals surface area contributed by atoms with E-state index in [1.807, 2.05) is 19.9 Å². The molecule has 0 heterocycles. The zero-order valence-electron chi connectivity index (χ0n) is 22.7. The van der Waals surface area contributed by atoms with Crippen molar-refractivity contribution in [3.63, 3.8) is 0 Å². The van der Waals surface area contributed by atoms with Gasteiger partial charge in [0, 0.05) is 0 Å². The van der Waals surface area contributed by atoms with Crippen LogP contribution in [0, 0.1) is 23.2 Å². The molecule has 34 heavy (non-hydrogen) atoms. The first kappa shape index (κ1) is 27.5. The van der Waals surface area contributed by atoms with Crippen molar-refractivity contribution in [3.8, 4) is 0 Å². The van der Waals surface area contributed by atoms with Crippen LogP contribution in [0.1, 0.15) is 99.8 Å². The number of hydrogen-bond donors (Lipinski definition) is 1. The van der Waals surface area contributed by atoms with E-state index in [-0.39, 0.29) is 11.5 Å². The highest BCUT2D eigenvalue weighted by atomic mass is 32.2. The van der Waals surface area contributed by atoms with Crippen LogP contribution >= 0.6 is 0 Å². The van der Waals surface area contributed by atoms with Crippen molar-refractivity contribution in [1.82, 2.24) is 0 Å². The molecule has 5 atom stereocenters. The predicted octanol–water partition coefficient (Wildman–Crippen LogP) is 7.34. The Balaban J connectivity index is 1.79. The van der Waals surface area contributed by atoms with E-state index in [0.717, 1.165) is 25.7 Å². The van der Waals surface area contributed by atoms with E-state index in [1.54, 1.807) is 26.3 Å². The Bertz CT molecular complexity index is 973. The van der Waals surface area contributed by atoms with Crippen LogP contribution in [-0.4, -0.2) is 29.1 Å². The second-order valence-electron chi connectivity index (χ2n) is 13.0. The van der Waals surface area contributed by atoms with Crippen molar-refractivity contribution in [1.29, 1.82) is 0 Å². The normalized spacial score (nSPS) is 34.7. The molecule has 3 fully saturated rings. The van der Waals surface area contributed by atoms with Gasteiger partial charge in [-0.1, -0.05) is 55.9 Å². The number of aliphatic hydroxyl groups is 1. The molecular formula is C30H48O3S. The van der Waals surface area contributed by atoms with E-state index < -0.39 is 19.3 Å². The van der Waals surface area contributed by atoms with Gasteiger partial charge in [0.05, 0.1) is 15.6 Å². The average Bonchev–Trinajstić information content (AvgIpc) is 3.09. The zero-order chi connectivity index (χ0) is 25.5. The Hall–Kier alpha value is -1.13. The number of fused-ring (bicyclic) bond motifs is 1. The lowest BCUT2D eigenvalue weighted by atomic mass is 9.61. The van der Waals surface area contributed by atoms with Gasteiger partial charge in [0.25, 0.3) is 0 Å². The van der Waals surface area contributed by atoms with Crippen molar-refractivity contribution in [2.75, 3.05) is 0 Å². The van der Waals surface area contributed by atoms with Crippen LogP contribution < -0.4 is 0 Å². The van der Waals surface area contributed by atoms with Crippen molar-refractivity contribution >= 4 is 9.84 Å². The van der Waals surface area contributed by atoms with E-state index in [1.165, 1.54) is 36.8 Å². The summed E-state index contributed by atoms with van der Waals surface area (Å²) >= 11 is 0. The SMILES string of the molecule is C=C1CC[C@H](O)C/C1=C/C=C1\CCC[C@]2(C)C([C@H](C)/C=C/C(C)(C)S(=O)(=O)C(C)(C)C)CC[C@@H]12. The summed E-state index contributed by atoms with van der Waals surface area (Å²) in [7, 11) is -3.30. The summed E-state index contributed by atoms with van der Waals surface area (Å²) < 4.78 is 24.6. The molecule has 0 radical (unpaired) electrons. The molecule has 0 spiro atoms. The van der Waals surface area contributed by atoms with Crippen LogP contribution in [0.4, 0.5) is 0 Å². The maximum absolute atomic E-state index is 13.1. The number of aliphatic hydroxyl groups excluding tert-OH is 1. The van der Waals surface area contributed by atoms with Crippen LogP contribution in [-0.2, 0) is 9.84 Å². The summed E-state index contributed by atoms with van der Waals surface area (Å²) in [6.45, 7) is 18.0. The van der Waals surface area contributed by atoms with Gasteiger partial charge in [-0.3, -0.25) is 0 Å². The number of hydrogen-bond acceptors (Lipinski definition) is 3. The van der Waals surface area contributed by atoms with Crippen LogP contribution in [0.2, 0.25) is 0 Å². The molecule has 3 nitrogen and oxygen atoms in total. The summed E-state index contributed by atoms with van der Waals surface area (Å²) in [5.41, 5.74) is 4.20. The van der Waals surface area contributed by atoms with Crippen molar-refractivity contribution in [2.24, 2.45) is 23.2 Å². The Labute approximate surface area is 209 Å². The highest BCUT2D eigenvalue weighted by molar-refractivity contribution is 7.94. The minimum atomic E-state index is -3.30. The largest absolute Gasteiger partial charge is 0.393 e. The molecule has 1 unspecified atom stereocenters. The molecule has 192 valence electrons. The molecule has 4 heteroatoms. The van der Waals surface area contributed by atoms with Crippen LogP contribution in [0.5, 0.6) is 0 Å². The van der Waals surface area contributed by atoms with Gasteiger partial charge in [0.15, 0.2) is 9.84 Å². The predicted molar refractivity (Wildman–Crippen MR) is 144 cm³/mol. The first-order chi connectivity index (χ1) is 15.6. The fraction of sp³-hybridized carbons (Fsp3) is 0.733. The Kier molecular flexibility index (Phi) is 7.86. The van der Waals surface area contributed by atoms with Gasteiger partial charge >= 0.3 is 0 Å². The molecule has 3 saturated carbocycles. The fourth-order valence-electron chi connectivity index (χ4n) is 6.93. The van der Waals surface area contributed by atoms with Gasteiger partial charge in [-0.05, 0) is 115 Å². The van der Waals surface area contributed by atoms with Gasteiger partial charge in [0.1, 0.15) is 0 Å². The number of allylic oxidation sites excluding steroid dienone is 5. The quantitative estimate of drug-likeness (QED) is 0.412. The third-order valence-electron chi connectivity index (χ3n) is 9.16. The molecule has 0 aromatic carbocycles. The van der Waals surface area contributed by atoms with Crippen LogP contribution in [0.15, 0.2) is 47.6 Å². The lowest BCUT2D eigenvalue weighted by Crippen LogP contribution is -2.42. The summed E-state index contributed by atoms with van der Waals surface area (Å²) in [6, 6.07) is 0. The summed E-state index contributed by atoms with van der Waals surface area (Å²) in [5, 5.41) is 10.1. The number of rotatable bonds is 5. The molecule has 0 bridgehead atoms. The van der Waals surface area contributed by atoms with Gasteiger partial charge in [0.2, 0.25) is 0 Å². The summed E-state index contributed by atoms with van der Waals surface area (Å²) in [5.74, 6) is 1.49. The second-order valence-corrected chi connectivity index (χ2v) is 16.3. The topological polar surface area (TPSA) is 54.4 Å². The zero-order valence-corrected chi connectivity index (χ0v) is 23.5. The van der Waals surface area contributed by atoms with Crippen LogP contribution in [0.3, 0.4) is 0 Å². The monoisotopic (exact) mass is 488 g/mol. The standard InChI is InChI=1S/C30H48O3S/c1-21-11-14-25(31)20-24(21)13-12-23-10-9-18-30(8)26(15-16-27(23)30)22(2)17-19-29(6,7)34(32,33)28(3,4)5/h12-13,17,19,22,25-27,31H,1,9-11,14-16,18,20H2,2-8H3/b19-17+,23-12+,24-13-/t22-,25+,26?,27+,30-/m1/s1. The third kappa shape index (κ3) is 5.19. The van der Waals surface area contributed by atoms with Gasteiger partial charge < -0.3 is 5.11 Å². The molecule has 0 aliphatic heterocycles. The van der Waals surface area contributed by atoms with E-state index in [9.17, 15) is 13.5 Å². The van der Waals surface area contributed by atoms with E-state index in [2.05, 4.69) is 38.7 Å². The maximum Gasteiger partial charge on any atom is 0.163 e. The highest BCUT2D eigenvalue weighted by Crippen LogP contribution is 2.59. The molecule has 3 aliphatic rings. The summed E-state index contributed by atoms with van der Waals surface area (Å²) in [4.78, 5) is 0. The Morgan fingerprint density at radius 1 is 1.09 bits per heavy atom. The van der Waals surface area contributed by atoms with Crippen molar-refractivity contribution < 1.29 is 13.5 Å². The van der Waals surface area contributed by atoms with E-state index in [4.69, 9.17) is 0 Å². The lowest BCUT2D eigenvalue weighted by Gasteiger charge is -2.44. The van der Waals surface area contributed by atoms with Gasteiger partial charge in [-0.15, -0.1) is 0 Å². The smallest absolute Gasteiger partial charge is 0.163 e. The summed E-state index contributed by atoms with van der Waals surface area (Å²) in [6.07, 6.45) is 17.0. The minimum absolute atomic E-state index is 0.235. The van der Waals surface area contributed by atoms with E-state index in [0.29, 0.717) is 17.8 Å². The Morgan fingerprint density at radius 2 is 1.76 bits per heavy atom.